The fourth-order valence-electron chi connectivity index (χ4n) is 2.71. The molecular weight excluding hydrogens is 336 g/mol. The summed E-state index contributed by atoms with van der Waals surface area (Å²) >= 11 is 1.44. The topological polar surface area (TPSA) is 83.9 Å². The highest BCUT2D eigenvalue weighted by Gasteiger charge is 2.21. The molecule has 0 aliphatic heterocycles. The van der Waals surface area contributed by atoms with Crippen molar-refractivity contribution in [3.63, 3.8) is 0 Å². The Labute approximate surface area is 152 Å². The van der Waals surface area contributed by atoms with Crippen molar-refractivity contribution in [3.8, 4) is 0 Å². The van der Waals surface area contributed by atoms with Crippen LogP contribution in [-0.2, 0) is 13.1 Å². The molecule has 0 aromatic carbocycles. The number of thiazole rings is 1. The molecule has 0 spiro atoms. The van der Waals surface area contributed by atoms with Gasteiger partial charge < -0.3 is 15.2 Å². The molecule has 3 N–H and O–H groups in total. The van der Waals surface area contributed by atoms with Crippen LogP contribution in [0.15, 0.2) is 17.8 Å². The molecule has 136 valence electrons. The van der Waals surface area contributed by atoms with Crippen LogP contribution >= 0.6 is 11.3 Å². The number of rotatable bonds is 8. The Morgan fingerprint density at radius 1 is 1.40 bits per heavy atom. The highest BCUT2D eigenvalue weighted by molar-refractivity contribution is 7.13. The van der Waals surface area contributed by atoms with Crippen LogP contribution in [0.25, 0.3) is 0 Å². The number of carbonyl (C=O) groups is 1. The molecule has 7 nitrogen and oxygen atoms in total. The van der Waals surface area contributed by atoms with E-state index in [-0.39, 0.29) is 6.03 Å². The maximum atomic E-state index is 12.1. The second-order valence-electron chi connectivity index (χ2n) is 6.81. The molecule has 2 heterocycles. The number of nitrogens with zero attached hydrogens (tertiary/aromatic N) is 3. The lowest BCUT2D eigenvalue weighted by molar-refractivity contribution is 0.250. The van der Waals surface area contributed by atoms with E-state index < -0.39 is 0 Å². The maximum Gasteiger partial charge on any atom is 0.321 e. The monoisotopic (exact) mass is 362 g/mol. The van der Waals surface area contributed by atoms with Gasteiger partial charge in [-0.3, -0.25) is 5.32 Å². The highest BCUT2D eigenvalue weighted by Crippen LogP contribution is 2.32. The number of hydrogen-bond donors (Lipinski definition) is 3. The third-order valence-corrected chi connectivity index (χ3v) is 5.06. The van der Waals surface area contributed by atoms with Gasteiger partial charge in [-0.2, -0.15) is 0 Å². The van der Waals surface area contributed by atoms with Crippen LogP contribution in [0.5, 0.6) is 0 Å². The first-order valence-corrected chi connectivity index (χ1v) is 9.71. The second kappa shape index (κ2) is 8.44. The number of imidazole rings is 1. The van der Waals surface area contributed by atoms with Crippen molar-refractivity contribution in [3.05, 3.63) is 29.3 Å². The number of aromatic nitrogens is 3. The molecule has 0 radical (unpaired) electrons. The zero-order valence-electron chi connectivity index (χ0n) is 14.8. The van der Waals surface area contributed by atoms with Crippen LogP contribution in [0, 0.1) is 5.92 Å². The SMILES string of the molecule is CC(C)CNCc1csc(NC(=O)NCc2nccn2C2CCC2)n1. The Morgan fingerprint density at radius 2 is 2.24 bits per heavy atom. The molecule has 0 bridgehead atoms. The minimum Gasteiger partial charge on any atom is -0.331 e. The van der Waals surface area contributed by atoms with Gasteiger partial charge in [0, 0.05) is 30.4 Å². The predicted molar refractivity (Wildman–Crippen MR) is 99.6 cm³/mol. The molecule has 25 heavy (non-hydrogen) atoms. The normalized spacial score (nSPS) is 14.5. The van der Waals surface area contributed by atoms with Crippen LogP contribution in [0.3, 0.4) is 0 Å². The molecule has 1 fully saturated rings. The second-order valence-corrected chi connectivity index (χ2v) is 7.67. The molecule has 1 aliphatic rings. The molecule has 0 unspecified atom stereocenters. The van der Waals surface area contributed by atoms with Crippen molar-refractivity contribution in [2.45, 2.75) is 52.2 Å². The number of hydrogen-bond acceptors (Lipinski definition) is 5. The average molecular weight is 363 g/mol. The summed E-state index contributed by atoms with van der Waals surface area (Å²) in [4.78, 5) is 20.8. The Balaban J connectivity index is 1.43. The van der Waals surface area contributed by atoms with Crippen LogP contribution in [0.1, 0.15) is 50.7 Å². The van der Waals surface area contributed by atoms with E-state index in [1.165, 1.54) is 30.6 Å². The van der Waals surface area contributed by atoms with Gasteiger partial charge in [-0.05, 0) is 31.7 Å². The van der Waals surface area contributed by atoms with Gasteiger partial charge in [-0.25, -0.2) is 14.8 Å². The molecule has 2 amide bonds. The van der Waals surface area contributed by atoms with Crippen molar-refractivity contribution < 1.29 is 4.79 Å². The average Bonchev–Trinajstić information content (AvgIpc) is 3.13. The summed E-state index contributed by atoms with van der Waals surface area (Å²) in [7, 11) is 0. The zero-order valence-corrected chi connectivity index (χ0v) is 15.6. The first-order valence-electron chi connectivity index (χ1n) is 8.83. The fraction of sp³-hybridized carbons (Fsp3) is 0.588. The van der Waals surface area contributed by atoms with E-state index in [1.54, 1.807) is 6.20 Å². The van der Waals surface area contributed by atoms with E-state index in [0.717, 1.165) is 24.6 Å². The Morgan fingerprint density at radius 3 is 2.96 bits per heavy atom. The van der Waals surface area contributed by atoms with Crippen LogP contribution in [0.4, 0.5) is 9.93 Å². The number of nitrogens with one attached hydrogen (secondary N) is 3. The quantitative estimate of drug-likeness (QED) is 0.674. The lowest BCUT2D eigenvalue weighted by atomic mass is 9.93. The van der Waals surface area contributed by atoms with Crippen LogP contribution in [-0.4, -0.2) is 27.1 Å². The lowest BCUT2D eigenvalue weighted by Gasteiger charge is -2.28. The van der Waals surface area contributed by atoms with E-state index in [2.05, 4.69) is 44.3 Å². The first kappa shape index (κ1) is 17.9. The van der Waals surface area contributed by atoms with Gasteiger partial charge in [0.1, 0.15) is 5.82 Å². The predicted octanol–water partition coefficient (Wildman–Crippen LogP) is 3.13. The van der Waals surface area contributed by atoms with Crippen molar-refractivity contribution >= 4 is 22.5 Å². The Hall–Kier alpha value is -1.93. The molecule has 0 atom stereocenters. The van der Waals surface area contributed by atoms with Crippen LogP contribution < -0.4 is 16.0 Å². The van der Waals surface area contributed by atoms with E-state index in [0.29, 0.717) is 23.6 Å². The van der Waals surface area contributed by atoms with E-state index in [4.69, 9.17) is 0 Å². The van der Waals surface area contributed by atoms with Gasteiger partial charge in [-0.1, -0.05) is 13.8 Å². The minimum absolute atomic E-state index is 0.251. The third-order valence-electron chi connectivity index (χ3n) is 4.25. The van der Waals surface area contributed by atoms with Gasteiger partial charge >= 0.3 is 6.03 Å². The molecular formula is C17H26N6OS. The van der Waals surface area contributed by atoms with Crippen molar-refractivity contribution in [2.75, 3.05) is 11.9 Å². The standard InChI is InChI=1S/C17H26N6OS/c1-12(2)8-18-9-13-11-25-17(21-13)22-16(24)20-10-15-19-6-7-23(15)14-4-3-5-14/h6-7,11-12,14,18H,3-5,8-10H2,1-2H3,(H2,20,21,22,24). The summed E-state index contributed by atoms with van der Waals surface area (Å²) < 4.78 is 2.17. The van der Waals surface area contributed by atoms with E-state index in [9.17, 15) is 4.79 Å². The van der Waals surface area contributed by atoms with Gasteiger partial charge in [0.2, 0.25) is 0 Å². The summed E-state index contributed by atoms with van der Waals surface area (Å²) in [6, 6.07) is 0.293. The van der Waals surface area contributed by atoms with Gasteiger partial charge in [0.15, 0.2) is 5.13 Å². The first-order chi connectivity index (χ1) is 12.1. The summed E-state index contributed by atoms with van der Waals surface area (Å²) in [5.41, 5.74) is 0.946. The molecule has 2 aromatic rings. The van der Waals surface area contributed by atoms with Crippen molar-refractivity contribution in [2.24, 2.45) is 5.92 Å². The van der Waals surface area contributed by atoms with Crippen molar-refractivity contribution in [1.82, 2.24) is 25.2 Å². The molecule has 0 saturated heterocycles. The number of amides is 2. The summed E-state index contributed by atoms with van der Waals surface area (Å²) in [5, 5.41) is 11.6. The summed E-state index contributed by atoms with van der Waals surface area (Å²) in [5.74, 6) is 1.51. The Kier molecular flexibility index (Phi) is 6.04. The molecule has 3 rings (SSSR count). The smallest absolute Gasteiger partial charge is 0.321 e. The van der Waals surface area contributed by atoms with E-state index >= 15 is 0 Å². The highest BCUT2D eigenvalue weighted by atomic mass is 32.1. The lowest BCUT2D eigenvalue weighted by Crippen LogP contribution is -2.30. The van der Waals surface area contributed by atoms with Gasteiger partial charge in [-0.15, -0.1) is 11.3 Å². The largest absolute Gasteiger partial charge is 0.331 e. The summed E-state index contributed by atoms with van der Waals surface area (Å²) in [6.07, 6.45) is 7.46. The number of anilines is 1. The molecule has 2 aromatic heterocycles. The maximum absolute atomic E-state index is 12.1. The minimum atomic E-state index is -0.251. The Bertz CT molecular complexity index is 691. The van der Waals surface area contributed by atoms with E-state index in [1.807, 2.05) is 11.6 Å². The van der Waals surface area contributed by atoms with Crippen LogP contribution in [0.2, 0.25) is 0 Å². The van der Waals surface area contributed by atoms with Gasteiger partial charge in [0.25, 0.3) is 0 Å². The summed E-state index contributed by atoms with van der Waals surface area (Å²) in [6.45, 7) is 6.43. The number of carbonyl (C=O) groups excluding carboxylic acids is 1. The molecule has 1 aliphatic carbocycles. The fourth-order valence-corrected chi connectivity index (χ4v) is 3.42. The molecule has 1 saturated carbocycles. The van der Waals surface area contributed by atoms with Crippen molar-refractivity contribution in [1.29, 1.82) is 0 Å². The third kappa shape index (κ3) is 5.02. The van der Waals surface area contributed by atoms with Gasteiger partial charge in [0.05, 0.1) is 12.2 Å². The number of urea groups is 1. The molecule has 8 heteroatoms. The zero-order chi connectivity index (χ0) is 17.6.